The standard InChI is InChI=1S/C24H19N3O2S/c1-14(22(28)19-13-25-20-10-6-5-9-17(19)20)30-24-26-21-12-16-8-4-3-7-15(16)11-18(21)23(29)27(24)2/h3-14,25H,1-2H3/t14-/m0/s1. The molecule has 0 radical (unpaired) electrons. The van der Waals surface area contributed by atoms with E-state index in [-0.39, 0.29) is 16.6 Å². The summed E-state index contributed by atoms with van der Waals surface area (Å²) in [7, 11) is 1.70. The molecule has 0 unspecified atom stereocenters. The molecule has 1 atom stereocenters. The lowest BCUT2D eigenvalue weighted by Crippen LogP contribution is -2.22. The second-order valence-electron chi connectivity index (χ2n) is 7.35. The first-order chi connectivity index (χ1) is 14.5. The minimum absolute atomic E-state index is 0.00491. The monoisotopic (exact) mass is 413 g/mol. The molecular weight excluding hydrogens is 394 g/mol. The van der Waals surface area contributed by atoms with Gasteiger partial charge in [-0.05, 0) is 35.9 Å². The minimum Gasteiger partial charge on any atom is -0.360 e. The average molecular weight is 414 g/mol. The number of carbonyl (C=O) groups is 1. The van der Waals surface area contributed by atoms with Crippen LogP contribution in [0.15, 0.2) is 76.8 Å². The van der Waals surface area contributed by atoms with Crippen molar-refractivity contribution < 1.29 is 4.79 Å². The number of hydrogen-bond acceptors (Lipinski definition) is 4. The lowest BCUT2D eigenvalue weighted by atomic mass is 10.1. The molecule has 0 bridgehead atoms. The molecule has 0 spiro atoms. The molecule has 0 saturated carbocycles. The molecule has 0 aliphatic heterocycles. The SMILES string of the molecule is C[C@H](Sc1nc2cc3ccccc3cc2c(=O)n1C)C(=O)c1c[nH]c2ccccc12. The van der Waals surface area contributed by atoms with Gasteiger partial charge in [-0.1, -0.05) is 54.2 Å². The van der Waals surface area contributed by atoms with E-state index in [2.05, 4.69) is 4.98 Å². The summed E-state index contributed by atoms with van der Waals surface area (Å²) in [5, 5.41) is 3.67. The normalized spacial score (nSPS) is 12.6. The Morgan fingerprint density at radius 3 is 2.53 bits per heavy atom. The predicted octanol–water partition coefficient (Wildman–Crippen LogP) is 4.93. The van der Waals surface area contributed by atoms with E-state index in [1.54, 1.807) is 13.2 Å². The zero-order chi connectivity index (χ0) is 20.8. The summed E-state index contributed by atoms with van der Waals surface area (Å²) in [5.74, 6) is 0.00491. The van der Waals surface area contributed by atoms with Crippen LogP contribution in [0.5, 0.6) is 0 Å². The molecule has 0 saturated heterocycles. The number of para-hydroxylation sites is 1. The van der Waals surface area contributed by atoms with E-state index in [9.17, 15) is 9.59 Å². The quantitative estimate of drug-likeness (QED) is 0.196. The summed E-state index contributed by atoms with van der Waals surface area (Å²) in [6.07, 6.45) is 1.75. The number of hydrogen-bond donors (Lipinski definition) is 1. The second kappa shape index (κ2) is 7.15. The zero-order valence-corrected chi connectivity index (χ0v) is 17.4. The van der Waals surface area contributed by atoms with E-state index >= 15 is 0 Å². The third-order valence-electron chi connectivity index (χ3n) is 5.41. The maximum Gasteiger partial charge on any atom is 0.261 e. The van der Waals surface area contributed by atoms with Crippen molar-refractivity contribution in [2.24, 2.45) is 7.05 Å². The first-order valence-corrected chi connectivity index (χ1v) is 10.6. The number of aromatic amines is 1. The molecule has 0 fully saturated rings. The number of nitrogens with zero attached hydrogens (tertiary/aromatic N) is 2. The molecule has 148 valence electrons. The fourth-order valence-electron chi connectivity index (χ4n) is 3.75. The van der Waals surface area contributed by atoms with Gasteiger partial charge < -0.3 is 4.98 Å². The smallest absolute Gasteiger partial charge is 0.261 e. The van der Waals surface area contributed by atoms with Gasteiger partial charge in [-0.25, -0.2) is 4.98 Å². The van der Waals surface area contributed by atoms with Crippen molar-refractivity contribution in [3.63, 3.8) is 0 Å². The largest absolute Gasteiger partial charge is 0.360 e. The number of Topliss-reactive ketones (excluding diaryl/α,β-unsaturated/α-hetero) is 1. The van der Waals surface area contributed by atoms with Crippen molar-refractivity contribution in [3.8, 4) is 0 Å². The molecule has 2 heterocycles. The lowest BCUT2D eigenvalue weighted by Gasteiger charge is -2.13. The van der Waals surface area contributed by atoms with Gasteiger partial charge in [0.2, 0.25) is 0 Å². The molecule has 0 aliphatic rings. The second-order valence-corrected chi connectivity index (χ2v) is 8.66. The van der Waals surface area contributed by atoms with Gasteiger partial charge in [0, 0.05) is 29.7 Å². The predicted molar refractivity (Wildman–Crippen MR) is 122 cm³/mol. The third kappa shape index (κ3) is 3.00. The highest BCUT2D eigenvalue weighted by atomic mass is 32.2. The number of ketones is 1. The number of thioether (sulfide) groups is 1. The van der Waals surface area contributed by atoms with Gasteiger partial charge in [0.05, 0.1) is 16.2 Å². The van der Waals surface area contributed by atoms with Crippen LogP contribution in [-0.4, -0.2) is 25.6 Å². The molecule has 5 nitrogen and oxygen atoms in total. The molecule has 1 N–H and O–H groups in total. The molecule has 5 aromatic rings. The highest BCUT2D eigenvalue weighted by molar-refractivity contribution is 8.00. The lowest BCUT2D eigenvalue weighted by molar-refractivity contribution is 0.0995. The Balaban J connectivity index is 1.54. The van der Waals surface area contributed by atoms with Crippen molar-refractivity contribution >= 4 is 50.1 Å². The van der Waals surface area contributed by atoms with Gasteiger partial charge in [-0.15, -0.1) is 0 Å². The van der Waals surface area contributed by atoms with Crippen molar-refractivity contribution in [2.75, 3.05) is 0 Å². The van der Waals surface area contributed by atoms with Gasteiger partial charge in [-0.3, -0.25) is 14.2 Å². The maximum atomic E-state index is 13.1. The maximum absolute atomic E-state index is 13.1. The number of benzene rings is 3. The molecule has 30 heavy (non-hydrogen) atoms. The number of nitrogens with one attached hydrogen (secondary N) is 1. The molecule has 0 aliphatic carbocycles. The zero-order valence-electron chi connectivity index (χ0n) is 16.5. The van der Waals surface area contributed by atoms with Crippen LogP contribution in [0, 0.1) is 0 Å². The number of aromatic nitrogens is 3. The summed E-state index contributed by atoms with van der Waals surface area (Å²) in [6, 6.07) is 19.5. The average Bonchev–Trinajstić information content (AvgIpc) is 3.20. The Labute approximate surface area is 176 Å². The summed E-state index contributed by atoms with van der Waals surface area (Å²) in [5.41, 5.74) is 2.12. The van der Waals surface area contributed by atoms with Gasteiger partial charge in [0.1, 0.15) is 0 Å². The van der Waals surface area contributed by atoms with Crippen LogP contribution in [0.4, 0.5) is 0 Å². The summed E-state index contributed by atoms with van der Waals surface area (Å²) in [4.78, 5) is 33.9. The number of fused-ring (bicyclic) bond motifs is 3. The van der Waals surface area contributed by atoms with Crippen molar-refractivity contribution in [1.82, 2.24) is 14.5 Å². The summed E-state index contributed by atoms with van der Waals surface area (Å²) >= 11 is 1.31. The van der Waals surface area contributed by atoms with Gasteiger partial charge in [0.25, 0.3) is 5.56 Å². The van der Waals surface area contributed by atoms with Crippen LogP contribution in [0.3, 0.4) is 0 Å². The third-order valence-corrected chi connectivity index (χ3v) is 6.55. The molecule has 3 aromatic carbocycles. The van der Waals surface area contributed by atoms with Crippen LogP contribution in [0.25, 0.3) is 32.6 Å². The van der Waals surface area contributed by atoms with Crippen LogP contribution in [0.2, 0.25) is 0 Å². The van der Waals surface area contributed by atoms with E-state index in [1.807, 2.05) is 67.6 Å². The van der Waals surface area contributed by atoms with Crippen LogP contribution in [-0.2, 0) is 7.05 Å². The molecule has 2 aromatic heterocycles. The van der Waals surface area contributed by atoms with E-state index in [4.69, 9.17) is 4.98 Å². The Morgan fingerprint density at radius 1 is 1.03 bits per heavy atom. The first kappa shape index (κ1) is 18.6. The van der Waals surface area contributed by atoms with Gasteiger partial charge >= 0.3 is 0 Å². The Hall–Kier alpha value is -3.38. The minimum atomic E-state index is -0.389. The Bertz CT molecular complexity index is 1500. The Morgan fingerprint density at radius 2 is 1.73 bits per heavy atom. The summed E-state index contributed by atoms with van der Waals surface area (Å²) < 4.78 is 1.53. The number of rotatable bonds is 4. The Kier molecular flexibility index (Phi) is 4.44. The van der Waals surface area contributed by atoms with Gasteiger partial charge in [-0.2, -0.15) is 0 Å². The highest BCUT2D eigenvalue weighted by Gasteiger charge is 2.22. The first-order valence-electron chi connectivity index (χ1n) is 9.69. The molecule has 6 heteroatoms. The van der Waals surface area contributed by atoms with E-state index in [1.165, 1.54) is 16.3 Å². The highest BCUT2D eigenvalue weighted by Crippen LogP contribution is 2.28. The fourth-order valence-corrected chi connectivity index (χ4v) is 4.69. The van der Waals surface area contributed by atoms with E-state index < -0.39 is 0 Å². The van der Waals surface area contributed by atoms with Crippen LogP contribution < -0.4 is 5.56 Å². The molecule has 5 rings (SSSR count). The van der Waals surface area contributed by atoms with Gasteiger partial charge in [0.15, 0.2) is 10.9 Å². The fraction of sp³-hybridized carbons (Fsp3) is 0.125. The van der Waals surface area contributed by atoms with E-state index in [0.717, 1.165) is 21.7 Å². The summed E-state index contributed by atoms with van der Waals surface area (Å²) in [6.45, 7) is 1.85. The van der Waals surface area contributed by atoms with Crippen molar-refractivity contribution in [3.05, 3.63) is 82.8 Å². The van der Waals surface area contributed by atoms with Crippen LogP contribution >= 0.6 is 11.8 Å². The number of H-pyrrole nitrogens is 1. The topological polar surface area (TPSA) is 67.8 Å². The van der Waals surface area contributed by atoms with Crippen LogP contribution in [0.1, 0.15) is 17.3 Å². The number of carbonyl (C=O) groups excluding carboxylic acids is 1. The van der Waals surface area contributed by atoms with Crippen molar-refractivity contribution in [1.29, 1.82) is 0 Å². The molecule has 0 amide bonds. The van der Waals surface area contributed by atoms with Crippen molar-refractivity contribution in [2.45, 2.75) is 17.3 Å². The van der Waals surface area contributed by atoms with E-state index in [0.29, 0.717) is 21.6 Å². The molecular formula is C24H19N3O2S.